The summed E-state index contributed by atoms with van der Waals surface area (Å²) in [5.41, 5.74) is 10.2. The van der Waals surface area contributed by atoms with E-state index >= 15 is 0 Å². The van der Waals surface area contributed by atoms with Crippen molar-refractivity contribution in [3.05, 3.63) is 95.2 Å². The lowest BCUT2D eigenvalue weighted by molar-refractivity contribution is -0.120. The van der Waals surface area contributed by atoms with Gasteiger partial charge in [-0.05, 0) is 53.3 Å². The number of nitriles is 1. The Labute approximate surface area is 195 Å². The number of benzene rings is 2. The molecule has 6 heteroatoms. The Bertz CT molecular complexity index is 1110. The first-order valence-corrected chi connectivity index (χ1v) is 10.9. The van der Waals surface area contributed by atoms with Crippen LogP contribution in [0.1, 0.15) is 30.5 Å². The maximum absolute atomic E-state index is 13.8. The molecule has 33 heavy (non-hydrogen) atoms. The molecule has 6 nitrogen and oxygen atoms in total. The van der Waals surface area contributed by atoms with Crippen LogP contribution in [0.15, 0.2) is 84.1 Å². The summed E-state index contributed by atoms with van der Waals surface area (Å²) in [5.74, 6) is 0.951. The summed E-state index contributed by atoms with van der Waals surface area (Å²) in [6.07, 6.45) is 8.96. The first-order valence-electron chi connectivity index (χ1n) is 10.9. The minimum atomic E-state index is -0.861. The van der Waals surface area contributed by atoms with E-state index in [4.69, 9.17) is 15.7 Å². The second kappa shape index (κ2) is 11.2. The number of ketones is 1. The molecule has 1 aliphatic carbocycles. The SMILES string of the molecule is CN/C=C(/C1=CCC(C)C=C1)C(N)C(=O)C(Nc1cccc(OC)c1)c1ccc(C#N)cc1. The van der Waals surface area contributed by atoms with E-state index in [-0.39, 0.29) is 5.78 Å². The summed E-state index contributed by atoms with van der Waals surface area (Å²) in [6, 6.07) is 14.9. The van der Waals surface area contributed by atoms with Crippen molar-refractivity contribution in [3.8, 4) is 11.8 Å². The minimum Gasteiger partial charge on any atom is -0.497 e. The molecule has 0 saturated heterocycles. The summed E-state index contributed by atoms with van der Waals surface area (Å²) in [7, 11) is 3.39. The van der Waals surface area contributed by atoms with Gasteiger partial charge in [0.25, 0.3) is 0 Å². The number of carbonyl (C=O) groups excluding carboxylic acids is 1. The summed E-state index contributed by atoms with van der Waals surface area (Å²) >= 11 is 0. The van der Waals surface area contributed by atoms with Crippen LogP contribution < -0.4 is 21.1 Å². The Morgan fingerprint density at radius 3 is 2.64 bits per heavy atom. The molecule has 2 aromatic carbocycles. The normalized spacial score (nSPS) is 17.4. The van der Waals surface area contributed by atoms with E-state index in [1.807, 2.05) is 30.3 Å². The van der Waals surface area contributed by atoms with Gasteiger partial charge >= 0.3 is 0 Å². The number of allylic oxidation sites excluding steroid dienone is 3. The van der Waals surface area contributed by atoms with E-state index in [9.17, 15) is 4.79 Å². The van der Waals surface area contributed by atoms with Crippen LogP contribution in [0.5, 0.6) is 5.75 Å². The van der Waals surface area contributed by atoms with Crippen molar-refractivity contribution in [1.29, 1.82) is 5.26 Å². The van der Waals surface area contributed by atoms with Gasteiger partial charge in [0.2, 0.25) is 0 Å². The molecule has 4 N–H and O–H groups in total. The molecule has 0 spiro atoms. The average Bonchev–Trinajstić information content (AvgIpc) is 2.86. The van der Waals surface area contributed by atoms with Gasteiger partial charge in [0.15, 0.2) is 5.78 Å². The first kappa shape index (κ1) is 23.8. The van der Waals surface area contributed by atoms with Crippen LogP contribution in [-0.4, -0.2) is 26.0 Å². The highest BCUT2D eigenvalue weighted by Gasteiger charge is 2.30. The molecule has 0 radical (unpaired) electrons. The molecule has 0 bridgehead atoms. The smallest absolute Gasteiger partial charge is 0.180 e. The fourth-order valence-electron chi connectivity index (χ4n) is 3.73. The molecular weight excluding hydrogens is 412 g/mol. The van der Waals surface area contributed by atoms with Crippen LogP contribution >= 0.6 is 0 Å². The number of ether oxygens (including phenoxy) is 1. The quantitative estimate of drug-likeness (QED) is 0.537. The van der Waals surface area contributed by atoms with Crippen LogP contribution in [0.3, 0.4) is 0 Å². The lowest BCUT2D eigenvalue weighted by Gasteiger charge is -2.26. The van der Waals surface area contributed by atoms with Crippen molar-refractivity contribution in [2.45, 2.75) is 25.4 Å². The maximum atomic E-state index is 13.8. The number of methoxy groups -OCH3 is 1. The third-order valence-electron chi connectivity index (χ3n) is 5.63. The number of carbonyl (C=O) groups is 1. The van der Waals surface area contributed by atoms with E-state index < -0.39 is 12.1 Å². The van der Waals surface area contributed by atoms with Crippen molar-refractivity contribution in [1.82, 2.24) is 5.32 Å². The van der Waals surface area contributed by atoms with Gasteiger partial charge in [0.05, 0.1) is 24.8 Å². The van der Waals surface area contributed by atoms with Gasteiger partial charge in [0.1, 0.15) is 11.8 Å². The third-order valence-corrected chi connectivity index (χ3v) is 5.63. The van der Waals surface area contributed by atoms with Gasteiger partial charge in [-0.15, -0.1) is 0 Å². The number of hydrogen-bond donors (Lipinski definition) is 3. The lowest BCUT2D eigenvalue weighted by atomic mass is 9.87. The molecule has 2 aromatic rings. The largest absolute Gasteiger partial charge is 0.497 e. The second-order valence-electron chi connectivity index (χ2n) is 8.04. The van der Waals surface area contributed by atoms with Crippen molar-refractivity contribution in [2.24, 2.45) is 11.7 Å². The molecule has 0 saturated carbocycles. The topological polar surface area (TPSA) is 100 Å². The third kappa shape index (κ3) is 5.91. The molecule has 3 rings (SSSR count). The van der Waals surface area contributed by atoms with Crippen LogP contribution in [0.2, 0.25) is 0 Å². The van der Waals surface area contributed by atoms with Crippen molar-refractivity contribution < 1.29 is 9.53 Å². The Morgan fingerprint density at radius 1 is 1.27 bits per heavy atom. The predicted octanol–water partition coefficient (Wildman–Crippen LogP) is 4.24. The molecular formula is C27H30N4O2. The highest BCUT2D eigenvalue weighted by molar-refractivity contribution is 5.95. The van der Waals surface area contributed by atoms with Crippen LogP contribution in [0.25, 0.3) is 0 Å². The summed E-state index contributed by atoms with van der Waals surface area (Å²) in [6.45, 7) is 2.15. The molecule has 1 aliphatic rings. The Morgan fingerprint density at radius 2 is 2.03 bits per heavy atom. The van der Waals surface area contributed by atoms with E-state index in [2.05, 4.69) is 35.8 Å². The second-order valence-corrected chi connectivity index (χ2v) is 8.04. The molecule has 0 amide bonds. The summed E-state index contributed by atoms with van der Waals surface area (Å²) in [4.78, 5) is 13.8. The van der Waals surface area contributed by atoms with E-state index in [1.165, 1.54) is 0 Å². The van der Waals surface area contributed by atoms with Crippen LogP contribution in [0, 0.1) is 17.2 Å². The van der Waals surface area contributed by atoms with Gasteiger partial charge in [-0.1, -0.05) is 43.4 Å². The van der Waals surface area contributed by atoms with Gasteiger partial charge in [-0.3, -0.25) is 4.79 Å². The molecule has 0 fully saturated rings. The summed E-state index contributed by atoms with van der Waals surface area (Å²) < 4.78 is 5.32. The highest BCUT2D eigenvalue weighted by Crippen LogP contribution is 2.29. The minimum absolute atomic E-state index is 0.183. The number of nitrogens with two attached hydrogens (primary N) is 1. The van der Waals surface area contributed by atoms with Crippen LogP contribution in [-0.2, 0) is 4.79 Å². The Balaban J connectivity index is 1.96. The fourth-order valence-corrected chi connectivity index (χ4v) is 3.73. The molecule has 0 aromatic heterocycles. The highest BCUT2D eigenvalue weighted by atomic mass is 16.5. The van der Waals surface area contributed by atoms with E-state index in [0.717, 1.165) is 28.8 Å². The van der Waals surface area contributed by atoms with Crippen LogP contribution in [0.4, 0.5) is 5.69 Å². The van der Waals surface area contributed by atoms with E-state index in [1.54, 1.807) is 44.6 Å². The van der Waals surface area contributed by atoms with Crippen molar-refractivity contribution >= 4 is 11.5 Å². The zero-order valence-electron chi connectivity index (χ0n) is 19.2. The Kier molecular flexibility index (Phi) is 8.06. The molecule has 0 aliphatic heterocycles. The number of nitrogens with one attached hydrogen (secondary N) is 2. The fraction of sp³-hybridized carbons (Fsp3) is 0.259. The van der Waals surface area contributed by atoms with Gasteiger partial charge in [0, 0.05) is 25.0 Å². The summed E-state index contributed by atoms with van der Waals surface area (Å²) in [5, 5.41) is 15.5. The number of Topliss-reactive ketones (excluding diaryl/α,β-unsaturated/α-hetero) is 1. The number of anilines is 1. The first-order chi connectivity index (χ1) is 16.0. The molecule has 170 valence electrons. The average molecular weight is 443 g/mol. The zero-order valence-corrected chi connectivity index (χ0v) is 19.2. The van der Waals surface area contributed by atoms with Gasteiger partial charge in [-0.2, -0.15) is 5.26 Å². The maximum Gasteiger partial charge on any atom is 0.180 e. The van der Waals surface area contributed by atoms with Crippen molar-refractivity contribution in [2.75, 3.05) is 19.5 Å². The number of hydrogen-bond acceptors (Lipinski definition) is 6. The van der Waals surface area contributed by atoms with E-state index in [0.29, 0.717) is 17.2 Å². The van der Waals surface area contributed by atoms with Gasteiger partial charge in [-0.25, -0.2) is 0 Å². The molecule has 3 atom stereocenters. The van der Waals surface area contributed by atoms with Crippen molar-refractivity contribution in [3.63, 3.8) is 0 Å². The molecule has 0 heterocycles. The van der Waals surface area contributed by atoms with Gasteiger partial charge < -0.3 is 21.1 Å². The number of nitrogens with zero attached hydrogens (tertiary/aromatic N) is 1. The molecule has 3 unspecified atom stereocenters. The Hall–Kier alpha value is -3.82. The standard InChI is InChI=1S/C27H30N4O2/c1-18-7-11-20(12-8-18)24(17-30-2)25(29)27(32)26(21-13-9-19(16-28)10-14-21)31-22-5-4-6-23(15-22)33-3/h4-7,9-15,17-18,25-26,30-31H,8,29H2,1-3H3/b24-17-. The monoisotopic (exact) mass is 442 g/mol. The zero-order chi connectivity index (χ0) is 23.8. The predicted molar refractivity (Wildman–Crippen MR) is 132 cm³/mol. The lowest BCUT2D eigenvalue weighted by Crippen LogP contribution is -2.40. The number of rotatable bonds is 9.